The highest BCUT2D eigenvalue weighted by atomic mass is 16.6. The Kier molecular flexibility index (Phi) is 10.2. The second-order valence-corrected chi connectivity index (χ2v) is 3.36. The van der Waals surface area contributed by atoms with E-state index in [-0.39, 0.29) is 0 Å². The third-order valence-corrected chi connectivity index (χ3v) is 1.61. The van der Waals surface area contributed by atoms with Crippen LogP contribution in [0.5, 0.6) is 0 Å². The maximum Gasteiger partial charge on any atom is 0.131 e. The van der Waals surface area contributed by atoms with Gasteiger partial charge in [0.2, 0.25) is 0 Å². The molecule has 0 aromatic heterocycles. The Balaban J connectivity index is 3.35. The van der Waals surface area contributed by atoms with Gasteiger partial charge in [-0.25, -0.2) is 0 Å². The molecule has 4 N–H and O–H groups in total. The summed E-state index contributed by atoms with van der Waals surface area (Å²) in [6, 6.07) is 0. The Morgan fingerprint density at radius 2 is 1.27 bits per heavy atom. The second kappa shape index (κ2) is 10.3. The molecule has 0 aromatic carbocycles. The molecule has 5 nitrogen and oxygen atoms in total. The first-order valence-corrected chi connectivity index (χ1v) is 5.52. The first-order chi connectivity index (χ1) is 7.20. The first kappa shape index (κ1) is 14.8. The highest BCUT2D eigenvalue weighted by molar-refractivity contribution is 4.51. The molecule has 0 amide bonds. The highest BCUT2D eigenvalue weighted by Crippen LogP contribution is 1.93. The maximum absolute atomic E-state index is 5.64. The molecule has 0 bridgehead atoms. The van der Waals surface area contributed by atoms with Crippen LogP contribution in [-0.4, -0.2) is 38.9 Å². The molecule has 0 saturated heterocycles. The third-order valence-electron chi connectivity index (χ3n) is 1.61. The molecule has 0 rings (SSSR count). The van der Waals surface area contributed by atoms with Crippen LogP contribution >= 0.6 is 0 Å². The van der Waals surface area contributed by atoms with Crippen molar-refractivity contribution in [1.29, 1.82) is 0 Å². The fraction of sp³-hybridized carbons (Fsp3) is 1.00. The SMILES string of the molecule is CCCOCC(N)OC(N)COCCC. The molecule has 0 aliphatic rings. The second-order valence-electron chi connectivity index (χ2n) is 3.36. The minimum Gasteiger partial charge on any atom is -0.377 e. The van der Waals surface area contributed by atoms with Gasteiger partial charge >= 0.3 is 0 Å². The molecular weight excluding hydrogens is 196 g/mol. The highest BCUT2D eigenvalue weighted by Gasteiger charge is 2.09. The van der Waals surface area contributed by atoms with Gasteiger partial charge in [0.25, 0.3) is 0 Å². The zero-order valence-corrected chi connectivity index (χ0v) is 9.78. The number of rotatable bonds is 10. The molecule has 2 unspecified atom stereocenters. The van der Waals surface area contributed by atoms with Crippen molar-refractivity contribution in [3.63, 3.8) is 0 Å². The largest absolute Gasteiger partial charge is 0.377 e. The third kappa shape index (κ3) is 10.1. The average Bonchev–Trinajstić information content (AvgIpc) is 2.18. The molecule has 0 saturated carbocycles. The van der Waals surface area contributed by atoms with Gasteiger partial charge in [-0.1, -0.05) is 13.8 Å². The summed E-state index contributed by atoms with van der Waals surface area (Å²) in [7, 11) is 0. The summed E-state index contributed by atoms with van der Waals surface area (Å²) in [6.45, 7) is 6.20. The summed E-state index contributed by atoms with van der Waals surface area (Å²) < 4.78 is 15.7. The normalized spacial score (nSPS) is 15.2. The van der Waals surface area contributed by atoms with Crippen molar-refractivity contribution >= 4 is 0 Å². The van der Waals surface area contributed by atoms with Crippen LogP contribution in [0.15, 0.2) is 0 Å². The van der Waals surface area contributed by atoms with Crippen LogP contribution in [0.4, 0.5) is 0 Å². The van der Waals surface area contributed by atoms with Gasteiger partial charge in [-0.3, -0.25) is 0 Å². The minimum atomic E-state index is -0.475. The Bertz CT molecular complexity index is 122. The molecule has 0 aliphatic carbocycles. The van der Waals surface area contributed by atoms with Crippen LogP contribution in [0.25, 0.3) is 0 Å². The lowest BCUT2D eigenvalue weighted by atomic mass is 10.5. The number of ether oxygens (including phenoxy) is 3. The summed E-state index contributed by atoms with van der Waals surface area (Å²) in [4.78, 5) is 0. The van der Waals surface area contributed by atoms with E-state index in [0.717, 1.165) is 12.8 Å². The molecule has 0 aliphatic heterocycles. The number of nitrogens with two attached hydrogens (primary N) is 2. The van der Waals surface area contributed by atoms with E-state index in [0.29, 0.717) is 26.4 Å². The summed E-state index contributed by atoms with van der Waals surface area (Å²) >= 11 is 0. The van der Waals surface area contributed by atoms with E-state index in [2.05, 4.69) is 0 Å². The van der Waals surface area contributed by atoms with E-state index in [1.807, 2.05) is 13.8 Å². The van der Waals surface area contributed by atoms with Crippen LogP contribution in [0, 0.1) is 0 Å². The zero-order valence-electron chi connectivity index (χ0n) is 9.78. The van der Waals surface area contributed by atoms with Crippen molar-refractivity contribution in [2.24, 2.45) is 11.5 Å². The molecule has 0 radical (unpaired) electrons. The van der Waals surface area contributed by atoms with Gasteiger partial charge in [-0.2, -0.15) is 0 Å². The van der Waals surface area contributed by atoms with Gasteiger partial charge in [0.15, 0.2) is 0 Å². The topological polar surface area (TPSA) is 79.7 Å². The van der Waals surface area contributed by atoms with E-state index in [9.17, 15) is 0 Å². The molecule has 0 aromatic rings. The summed E-state index contributed by atoms with van der Waals surface area (Å²) in [5, 5.41) is 0. The fourth-order valence-corrected chi connectivity index (χ4v) is 0.991. The zero-order chi connectivity index (χ0) is 11.5. The number of hydrogen-bond acceptors (Lipinski definition) is 5. The number of hydrogen-bond donors (Lipinski definition) is 2. The van der Waals surface area contributed by atoms with Gasteiger partial charge in [0.1, 0.15) is 12.5 Å². The van der Waals surface area contributed by atoms with Crippen molar-refractivity contribution in [3.8, 4) is 0 Å². The lowest BCUT2D eigenvalue weighted by Crippen LogP contribution is -2.40. The predicted octanol–water partition coefficient (Wildman–Crippen LogP) is 0.426. The van der Waals surface area contributed by atoms with Crippen molar-refractivity contribution in [1.82, 2.24) is 0 Å². The molecule has 0 fully saturated rings. The summed E-state index contributed by atoms with van der Waals surface area (Å²) in [6.07, 6.45) is 0.991. The molecule has 2 atom stereocenters. The summed E-state index contributed by atoms with van der Waals surface area (Å²) in [5.74, 6) is 0. The van der Waals surface area contributed by atoms with Gasteiger partial charge in [0.05, 0.1) is 13.2 Å². The van der Waals surface area contributed by atoms with Gasteiger partial charge < -0.3 is 25.7 Å². The quantitative estimate of drug-likeness (QED) is 0.412. The Morgan fingerprint density at radius 3 is 1.60 bits per heavy atom. The lowest BCUT2D eigenvalue weighted by Gasteiger charge is -2.18. The van der Waals surface area contributed by atoms with E-state index in [1.54, 1.807) is 0 Å². The van der Waals surface area contributed by atoms with E-state index in [1.165, 1.54) is 0 Å². The fourth-order valence-electron chi connectivity index (χ4n) is 0.991. The van der Waals surface area contributed by atoms with E-state index in [4.69, 9.17) is 25.7 Å². The van der Waals surface area contributed by atoms with Crippen LogP contribution in [0.2, 0.25) is 0 Å². The standard InChI is InChI=1S/C10H24N2O3/c1-3-5-13-7-9(11)15-10(12)8-14-6-4-2/h9-10H,3-8,11-12H2,1-2H3. The summed E-state index contributed by atoms with van der Waals surface area (Å²) in [5.41, 5.74) is 11.3. The maximum atomic E-state index is 5.64. The molecule has 5 heteroatoms. The molecular formula is C10H24N2O3. The van der Waals surface area contributed by atoms with Crippen LogP contribution < -0.4 is 11.5 Å². The van der Waals surface area contributed by atoms with Crippen molar-refractivity contribution < 1.29 is 14.2 Å². The average molecular weight is 220 g/mol. The molecule has 0 spiro atoms. The van der Waals surface area contributed by atoms with Crippen molar-refractivity contribution in [2.75, 3.05) is 26.4 Å². The first-order valence-electron chi connectivity index (χ1n) is 5.52. The Labute approximate surface area is 92.0 Å². The van der Waals surface area contributed by atoms with E-state index >= 15 is 0 Å². The van der Waals surface area contributed by atoms with Crippen LogP contribution in [0.3, 0.4) is 0 Å². The van der Waals surface area contributed by atoms with Gasteiger partial charge in [-0.05, 0) is 12.8 Å². The molecule has 92 valence electrons. The molecule has 15 heavy (non-hydrogen) atoms. The minimum absolute atomic E-state index is 0.370. The van der Waals surface area contributed by atoms with Crippen LogP contribution in [-0.2, 0) is 14.2 Å². The Hall–Kier alpha value is -0.200. The van der Waals surface area contributed by atoms with E-state index < -0.39 is 12.5 Å². The van der Waals surface area contributed by atoms with Crippen LogP contribution in [0.1, 0.15) is 26.7 Å². The molecule has 0 heterocycles. The van der Waals surface area contributed by atoms with Gasteiger partial charge in [-0.15, -0.1) is 0 Å². The Morgan fingerprint density at radius 1 is 0.867 bits per heavy atom. The lowest BCUT2D eigenvalue weighted by molar-refractivity contribution is -0.0801. The van der Waals surface area contributed by atoms with Crippen molar-refractivity contribution in [2.45, 2.75) is 39.1 Å². The predicted molar refractivity (Wildman–Crippen MR) is 59.3 cm³/mol. The van der Waals surface area contributed by atoms with Crippen molar-refractivity contribution in [3.05, 3.63) is 0 Å². The monoisotopic (exact) mass is 220 g/mol. The smallest absolute Gasteiger partial charge is 0.131 e. The van der Waals surface area contributed by atoms with Gasteiger partial charge in [0, 0.05) is 13.2 Å².